The van der Waals surface area contributed by atoms with E-state index in [1.165, 1.54) is 45.9 Å². The molecule has 0 radical (unpaired) electrons. The Morgan fingerprint density at radius 1 is 0.868 bits per heavy atom. The van der Waals surface area contributed by atoms with Crippen molar-refractivity contribution in [3.8, 4) is 0 Å². The third-order valence-electron chi connectivity index (χ3n) is 12.5. The van der Waals surface area contributed by atoms with E-state index in [-0.39, 0.29) is 34.8 Å². The van der Waals surface area contributed by atoms with Gasteiger partial charge in [-0.2, -0.15) is 4.58 Å². The molecule has 286 valence electrons. The van der Waals surface area contributed by atoms with E-state index in [0.717, 1.165) is 64.5 Å². The Labute approximate surface area is 316 Å². The van der Waals surface area contributed by atoms with Crippen LogP contribution in [0.15, 0.2) is 60.7 Å². The molecule has 8 nitrogen and oxygen atoms in total. The summed E-state index contributed by atoms with van der Waals surface area (Å²) in [7, 11) is 0. The van der Waals surface area contributed by atoms with Crippen LogP contribution in [0.4, 0.5) is 11.4 Å². The third kappa shape index (κ3) is 7.67. The van der Waals surface area contributed by atoms with Crippen LogP contribution >= 0.6 is 0 Å². The standard InChI is InChI=1S/C45H61N2O6/c1-32(48)49-26-13-7-12-24-45(6)39(46(25-23-40-50-27-28-51-40)37-22-21-33-15-8-9-16-34(33)41(37)45)20-14-19-38-44(4,5)35-17-10-11-18-36(35)47(38)31-43(2,3)42-52-29-30-53-42/h8-11,15-18,21-22,38,40,42H,7,12-14,19-20,23-31H2,1-6H3/q+1. The number of anilines is 1. The molecule has 4 heterocycles. The summed E-state index contributed by atoms with van der Waals surface area (Å²) in [5, 5.41) is 2.63. The molecule has 4 aliphatic heterocycles. The van der Waals surface area contributed by atoms with Crippen LogP contribution in [0.3, 0.4) is 0 Å². The Hall–Kier alpha value is -3.30. The molecule has 2 saturated heterocycles. The number of rotatable bonds is 16. The van der Waals surface area contributed by atoms with Crippen molar-refractivity contribution >= 4 is 33.8 Å². The summed E-state index contributed by atoms with van der Waals surface area (Å²) in [6.07, 6.45) is 7.64. The van der Waals surface area contributed by atoms with E-state index in [0.29, 0.717) is 39.1 Å². The average Bonchev–Trinajstić information content (AvgIpc) is 3.94. The molecule has 0 N–H and O–H groups in total. The molecule has 0 amide bonds. The van der Waals surface area contributed by atoms with Crippen LogP contribution in [-0.4, -0.2) is 81.0 Å². The van der Waals surface area contributed by atoms with E-state index in [9.17, 15) is 4.79 Å². The first kappa shape index (κ1) is 38.0. The number of unbranched alkanes of at least 4 members (excludes halogenated alkanes) is 2. The number of hydrogen-bond acceptors (Lipinski definition) is 7. The summed E-state index contributed by atoms with van der Waals surface area (Å²) in [4.78, 5) is 14.1. The zero-order valence-electron chi connectivity index (χ0n) is 33.0. The Morgan fingerprint density at radius 2 is 1.58 bits per heavy atom. The Morgan fingerprint density at radius 3 is 2.36 bits per heavy atom. The Balaban J connectivity index is 1.19. The van der Waals surface area contributed by atoms with Crippen molar-refractivity contribution < 1.29 is 33.1 Å². The number of para-hydroxylation sites is 1. The maximum atomic E-state index is 11.4. The molecule has 2 unspecified atom stereocenters. The lowest BCUT2D eigenvalue weighted by Crippen LogP contribution is -2.48. The van der Waals surface area contributed by atoms with E-state index in [1.807, 2.05) is 0 Å². The molecule has 0 saturated carbocycles. The van der Waals surface area contributed by atoms with Gasteiger partial charge in [-0.15, -0.1) is 0 Å². The largest absolute Gasteiger partial charge is 0.466 e. The number of carbonyl (C=O) groups is 1. The van der Waals surface area contributed by atoms with Gasteiger partial charge in [0.05, 0.1) is 44.9 Å². The molecular weight excluding hydrogens is 665 g/mol. The zero-order valence-corrected chi connectivity index (χ0v) is 33.0. The van der Waals surface area contributed by atoms with Gasteiger partial charge in [-0.1, -0.05) is 83.0 Å². The fourth-order valence-electron chi connectivity index (χ4n) is 9.87. The lowest BCUT2D eigenvalue weighted by Gasteiger charge is -2.41. The predicted octanol–water partition coefficient (Wildman–Crippen LogP) is 8.82. The third-order valence-corrected chi connectivity index (χ3v) is 12.5. The molecular formula is C45H61N2O6+. The van der Waals surface area contributed by atoms with Crippen molar-refractivity contribution in [1.82, 2.24) is 0 Å². The van der Waals surface area contributed by atoms with E-state index in [1.54, 1.807) is 0 Å². The van der Waals surface area contributed by atoms with Crippen LogP contribution in [0.5, 0.6) is 0 Å². The molecule has 0 aliphatic carbocycles. The molecule has 0 aromatic heterocycles. The highest BCUT2D eigenvalue weighted by Crippen LogP contribution is 2.50. The number of carbonyl (C=O) groups excluding carboxylic acids is 1. The van der Waals surface area contributed by atoms with Gasteiger partial charge in [0.25, 0.3) is 0 Å². The van der Waals surface area contributed by atoms with Gasteiger partial charge in [-0.3, -0.25) is 4.79 Å². The lowest BCUT2D eigenvalue weighted by molar-refractivity contribution is -0.444. The van der Waals surface area contributed by atoms with Gasteiger partial charge in [0, 0.05) is 54.1 Å². The van der Waals surface area contributed by atoms with Crippen LogP contribution in [-0.2, 0) is 39.3 Å². The number of ether oxygens (including phenoxy) is 5. The molecule has 2 atom stereocenters. The first-order valence-corrected chi connectivity index (χ1v) is 20.1. The zero-order chi connectivity index (χ0) is 37.2. The normalized spacial score (nSPS) is 23.0. The van der Waals surface area contributed by atoms with E-state index >= 15 is 0 Å². The van der Waals surface area contributed by atoms with Crippen molar-refractivity contribution in [2.75, 3.05) is 51.0 Å². The van der Waals surface area contributed by atoms with Crippen molar-refractivity contribution in [3.63, 3.8) is 0 Å². The molecule has 3 aromatic carbocycles. The molecule has 3 aromatic rings. The van der Waals surface area contributed by atoms with Crippen molar-refractivity contribution in [2.45, 2.75) is 122 Å². The SMILES string of the molecule is CC(=O)OCCCCCC1(C)C(CCCC2N(CC(C)(C)C3OCCO3)c3ccccc3C2(C)C)=[N+](CCC2OCCO2)c2ccc3ccccc3c21. The number of fused-ring (bicyclic) bond motifs is 4. The summed E-state index contributed by atoms with van der Waals surface area (Å²) < 4.78 is 32.0. The summed E-state index contributed by atoms with van der Waals surface area (Å²) >= 11 is 0. The highest BCUT2D eigenvalue weighted by molar-refractivity contribution is 6.03. The summed E-state index contributed by atoms with van der Waals surface area (Å²) in [5.41, 5.74) is 6.75. The summed E-state index contributed by atoms with van der Waals surface area (Å²) in [5.74, 6) is -0.203. The number of hydrogen-bond donors (Lipinski definition) is 0. The lowest BCUT2D eigenvalue weighted by atomic mass is 9.72. The molecule has 7 rings (SSSR count). The van der Waals surface area contributed by atoms with Crippen LogP contribution in [0.25, 0.3) is 10.8 Å². The highest BCUT2D eigenvalue weighted by atomic mass is 16.7. The first-order valence-electron chi connectivity index (χ1n) is 20.1. The smallest absolute Gasteiger partial charge is 0.302 e. The van der Waals surface area contributed by atoms with Gasteiger partial charge in [0.1, 0.15) is 0 Å². The molecule has 8 heteroatoms. The topological polar surface area (TPSA) is 69.5 Å². The van der Waals surface area contributed by atoms with Crippen molar-refractivity contribution in [1.29, 1.82) is 0 Å². The van der Waals surface area contributed by atoms with Crippen molar-refractivity contribution in [3.05, 3.63) is 71.8 Å². The van der Waals surface area contributed by atoms with Crippen LogP contribution in [0.1, 0.15) is 104 Å². The maximum absolute atomic E-state index is 11.4. The number of nitrogens with zero attached hydrogens (tertiary/aromatic N) is 2. The van der Waals surface area contributed by atoms with Gasteiger partial charge in [-0.25, -0.2) is 0 Å². The molecule has 4 aliphatic rings. The Bertz CT molecular complexity index is 1790. The predicted molar refractivity (Wildman–Crippen MR) is 210 cm³/mol. The Kier molecular flexibility index (Phi) is 11.3. The van der Waals surface area contributed by atoms with Crippen LogP contribution < -0.4 is 4.90 Å². The summed E-state index contributed by atoms with van der Waals surface area (Å²) in [6, 6.07) is 22.9. The fourth-order valence-corrected chi connectivity index (χ4v) is 9.87. The van der Waals surface area contributed by atoms with Gasteiger partial charge in [0.15, 0.2) is 24.8 Å². The minimum Gasteiger partial charge on any atom is -0.466 e. The first-order chi connectivity index (χ1) is 25.5. The highest BCUT2D eigenvalue weighted by Gasteiger charge is 2.51. The quantitative estimate of drug-likeness (QED) is 0.0831. The second-order valence-corrected chi connectivity index (χ2v) is 17.1. The number of benzene rings is 3. The summed E-state index contributed by atoms with van der Waals surface area (Å²) in [6.45, 7) is 18.3. The van der Waals surface area contributed by atoms with Gasteiger partial charge >= 0.3 is 5.97 Å². The second-order valence-electron chi connectivity index (χ2n) is 17.1. The van der Waals surface area contributed by atoms with Crippen LogP contribution in [0.2, 0.25) is 0 Å². The number of esters is 1. The van der Waals surface area contributed by atoms with Crippen molar-refractivity contribution in [2.24, 2.45) is 5.41 Å². The molecule has 53 heavy (non-hydrogen) atoms. The van der Waals surface area contributed by atoms with E-state index < -0.39 is 0 Å². The van der Waals surface area contributed by atoms with Gasteiger partial charge in [-0.05, 0) is 61.1 Å². The second kappa shape index (κ2) is 15.8. The van der Waals surface area contributed by atoms with Gasteiger partial charge in [0.2, 0.25) is 5.69 Å². The monoisotopic (exact) mass is 725 g/mol. The average molecular weight is 726 g/mol. The van der Waals surface area contributed by atoms with E-state index in [4.69, 9.17) is 23.7 Å². The van der Waals surface area contributed by atoms with Crippen LogP contribution in [0, 0.1) is 5.41 Å². The maximum Gasteiger partial charge on any atom is 0.302 e. The fraction of sp³-hybridized carbons (Fsp3) is 0.600. The van der Waals surface area contributed by atoms with E-state index in [2.05, 4.69) is 105 Å². The minimum atomic E-state index is -0.203. The molecule has 2 fully saturated rings. The minimum absolute atomic E-state index is 0.00828. The van der Waals surface area contributed by atoms with Gasteiger partial charge < -0.3 is 28.6 Å². The molecule has 0 spiro atoms. The molecule has 0 bridgehead atoms.